The molecule has 6 aromatic rings. The third-order valence-electron chi connectivity index (χ3n) is 29.7. The van der Waals surface area contributed by atoms with Gasteiger partial charge in [-0.2, -0.15) is 0 Å². The lowest BCUT2D eigenvalue weighted by Crippen LogP contribution is -2.54. The summed E-state index contributed by atoms with van der Waals surface area (Å²) in [6.45, 7) is 86.9. The predicted molar refractivity (Wildman–Crippen MR) is 643 cm³/mol. The van der Waals surface area contributed by atoms with Gasteiger partial charge in [-0.25, -0.2) is 0 Å². The first-order valence-electron chi connectivity index (χ1n) is 60.9. The summed E-state index contributed by atoms with van der Waals surface area (Å²) in [7, 11) is 0. The van der Waals surface area contributed by atoms with Crippen molar-refractivity contribution < 1.29 is 4.74 Å². The van der Waals surface area contributed by atoms with E-state index in [0.29, 0.717) is 29.9 Å². The number of rotatable bonds is 9. The minimum atomic E-state index is 0.422. The van der Waals surface area contributed by atoms with Crippen molar-refractivity contribution in [1.29, 1.82) is 0 Å². The van der Waals surface area contributed by atoms with Gasteiger partial charge in [0.2, 0.25) is 0 Å². The summed E-state index contributed by atoms with van der Waals surface area (Å²) in [6.07, 6.45) is 67.9. The van der Waals surface area contributed by atoms with Crippen LogP contribution < -0.4 is 16.0 Å². The van der Waals surface area contributed by atoms with E-state index in [0.717, 1.165) is 132 Å². The Balaban J connectivity index is 0.000000784. The number of piperidine rings is 2. The van der Waals surface area contributed by atoms with Gasteiger partial charge in [0.05, 0.1) is 12.7 Å². The highest BCUT2D eigenvalue weighted by Gasteiger charge is 2.37. The lowest BCUT2D eigenvalue weighted by molar-refractivity contribution is -0.0228. The van der Waals surface area contributed by atoms with E-state index in [1.54, 1.807) is 22.3 Å². The molecule has 3 saturated heterocycles. The number of allylic oxidation sites excluding steroid dienone is 4. The normalized spacial score (nSPS) is 23.4. The molecule has 18 rings (SSSR count). The zero-order valence-corrected chi connectivity index (χ0v) is 101. The number of pyridine rings is 4. The van der Waals surface area contributed by atoms with Gasteiger partial charge in [0.25, 0.3) is 0 Å². The zero-order chi connectivity index (χ0) is 108. The maximum absolute atomic E-state index is 5.75. The molecule has 15 atom stereocenters. The molecule has 0 bridgehead atoms. The lowest BCUT2D eigenvalue weighted by Gasteiger charge is -2.40. The number of morpholine rings is 1. The highest BCUT2D eigenvalue weighted by Crippen LogP contribution is 2.42. The van der Waals surface area contributed by atoms with E-state index in [9.17, 15) is 0 Å². The molecule has 3 fully saturated rings. The Morgan fingerprint density at radius 1 is 0.326 bits per heavy atom. The first-order valence-corrected chi connectivity index (χ1v) is 60.9. The highest BCUT2D eigenvalue weighted by molar-refractivity contribution is 5.34. The SMILES string of the molecule is CC(C)C1C=CC2CCNCC2C1.CC(C)C1C=CCC2CCNCC21.CC(C)C1C=CCC2OCCNC21.CC(C)C1CCCc2ccccc21.CC(C)C1CCCc2cccnc21.CC(C)C1CCCc2ccncc21.CC(C)C1CCc2ccccc2C1.CC(C)C1CCc2cccnc2C1.CC(C)C1CCc2ccncc2C1.CCC.CCC.CCC.CCC.CCC.CCC.CCC.CCC.CCC. The van der Waals surface area contributed by atoms with Crippen LogP contribution in [0.2, 0.25) is 0 Å². The number of ether oxygens (including phenoxy) is 1. The van der Waals surface area contributed by atoms with Crippen LogP contribution in [0.1, 0.15) is 482 Å². The fourth-order valence-electron chi connectivity index (χ4n) is 21.8. The van der Waals surface area contributed by atoms with Crippen LogP contribution in [0.3, 0.4) is 0 Å². The molecule has 3 aliphatic heterocycles. The van der Waals surface area contributed by atoms with Crippen molar-refractivity contribution >= 4 is 0 Å². The quantitative estimate of drug-likeness (QED) is 0.123. The van der Waals surface area contributed by atoms with Gasteiger partial charge in [0, 0.05) is 67.1 Å². The van der Waals surface area contributed by atoms with E-state index in [1.807, 2.05) is 31.0 Å². The van der Waals surface area contributed by atoms with Crippen LogP contribution in [0.25, 0.3) is 0 Å². The molecule has 7 heterocycles. The first kappa shape index (κ1) is 136. The van der Waals surface area contributed by atoms with Crippen molar-refractivity contribution in [1.82, 2.24) is 35.9 Å². The monoisotopic (exact) mass is 1980 g/mol. The van der Waals surface area contributed by atoms with Gasteiger partial charge in [-0.3, -0.25) is 19.9 Å². The van der Waals surface area contributed by atoms with Crippen LogP contribution >= 0.6 is 0 Å². The number of benzene rings is 2. The van der Waals surface area contributed by atoms with Crippen LogP contribution in [0.5, 0.6) is 0 Å². The second kappa shape index (κ2) is 83.8. The van der Waals surface area contributed by atoms with Crippen LogP contribution in [0.4, 0.5) is 0 Å². The Hall–Kier alpha value is -5.90. The van der Waals surface area contributed by atoms with E-state index < -0.39 is 0 Å². The highest BCUT2D eigenvalue weighted by atomic mass is 16.5. The molecular weight excluding hydrogens is 1750 g/mol. The van der Waals surface area contributed by atoms with Crippen LogP contribution in [-0.4, -0.2) is 71.4 Å². The summed E-state index contributed by atoms with van der Waals surface area (Å²) >= 11 is 0. The molecule has 0 spiro atoms. The number of hydrogen-bond acceptors (Lipinski definition) is 8. The minimum absolute atomic E-state index is 0.422. The number of nitrogens with one attached hydrogen (secondary N) is 3. The Morgan fingerprint density at radius 2 is 0.757 bits per heavy atom. The van der Waals surface area contributed by atoms with E-state index >= 15 is 0 Å². The standard InChI is InChI=1S/2C13H18.C12H17N.C12H21N.2C12H17N.C12H21N.C12H17N.C11H19NO.9C3H8/c1-10(2)12-9-5-7-11-6-3-4-8-13(11)12;1-10(2)12-8-7-11-5-3-4-6-13(11)9-12;1-9(2)11-7-3-5-10-6-4-8-13-12(10)11;2*1-9(2)11-4-3-10-5-6-13-8-12(10)7-11;1-9(2)11-6-5-10-4-3-7-13-12(10)8-11;2*1-9(2)11-5-3-4-10-6-7-13-8-12(10)11;1-8(2)9-4-3-5-10-11(9)12-6-7-13-10;9*1-3-2/h3-4,6,8,10,12H,5,7,9H2,1-2H3;3-6,10,12H,7-9H2,1-2H3;4,6,8-9,11H,3,5,7H2,1-2H3;3-4,9-13H,5-8H2,1-2H3;5-6,8-9,11H,3-4,7H2,1-2H3;3-4,7,9,11H,5-6,8H2,1-2H3;3,5,9-13H,4,6-8H2,1-2H3;6-9,11H,3-5H2,1-2H3;3-4,8-12H,5-7H2,1-2H3;9*3H2,1-2H3. The smallest absolute Gasteiger partial charge is 0.0768 e. The summed E-state index contributed by atoms with van der Waals surface area (Å²) < 4.78 is 5.75. The van der Waals surface area contributed by atoms with E-state index in [-0.39, 0.29) is 0 Å². The molecule has 4 aromatic heterocycles. The fourth-order valence-corrected chi connectivity index (χ4v) is 21.8. The zero-order valence-electron chi connectivity index (χ0n) is 101. The molecule has 8 heteroatoms. The lowest BCUT2D eigenvalue weighted by atomic mass is 9.69. The third kappa shape index (κ3) is 53.7. The number of nitrogens with zero attached hydrogens (tertiary/aromatic N) is 4. The first-order chi connectivity index (χ1) is 69.2. The van der Waals surface area contributed by atoms with Gasteiger partial charge in [0.1, 0.15) is 0 Å². The molecule has 8 nitrogen and oxygen atoms in total. The number of fused-ring (bicyclic) bond motifs is 9. The Bertz CT molecular complexity index is 3720. The van der Waals surface area contributed by atoms with Gasteiger partial charge >= 0.3 is 0 Å². The Labute approximate surface area is 896 Å². The Morgan fingerprint density at radius 3 is 1.30 bits per heavy atom. The third-order valence-corrected chi connectivity index (χ3v) is 29.7. The molecule has 144 heavy (non-hydrogen) atoms. The van der Waals surface area contributed by atoms with E-state index in [2.05, 4.69) is 413 Å². The average Bonchev–Trinajstić information content (AvgIpc) is 0.857. The van der Waals surface area contributed by atoms with Crippen LogP contribution in [0.15, 0.2) is 159 Å². The Kier molecular flexibility index (Phi) is 79.2. The van der Waals surface area contributed by atoms with Crippen molar-refractivity contribution in [2.24, 2.45) is 112 Å². The maximum atomic E-state index is 5.75. The van der Waals surface area contributed by atoms with Crippen molar-refractivity contribution in [3.63, 3.8) is 0 Å². The van der Waals surface area contributed by atoms with E-state index in [4.69, 9.17) is 4.74 Å². The molecule has 15 unspecified atom stereocenters. The molecular formula is C136H237N7O. The van der Waals surface area contributed by atoms with Gasteiger partial charge in [-0.1, -0.05) is 404 Å². The molecule has 9 aliphatic carbocycles. The van der Waals surface area contributed by atoms with Crippen molar-refractivity contribution in [2.75, 3.05) is 39.3 Å². The number of aryl methyl sites for hydroxylation is 6. The topological polar surface area (TPSA) is 96.9 Å². The molecule has 12 aliphatic rings. The summed E-state index contributed by atoms with van der Waals surface area (Å²) in [5.41, 5.74) is 18.1. The molecule has 0 amide bonds. The fraction of sp³-hybridized carbons (Fsp3) is 0.721. The average molecular weight is 1990 g/mol. The molecule has 3 N–H and O–H groups in total. The van der Waals surface area contributed by atoms with Crippen molar-refractivity contribution in [2.45, 2.75) is 485 Å². The largest absolute Gasteiger partial charge is 0.375 e. The van der Waals surface area contributed by atoms with Gasteiger partial charge in [-0.15, -0.1) is 0 Å². The van der Waals surface area contributed by atoms with Gasteiger partial charge < -0.3 is 20.7 Å². The second-order valence-corrected chi connectivity index (χ2v) is 46.9. The number of aromatic nitrogens is 4. The summed E-state index contributed by atoms with van der Waals surface area (Å²) in [4.78, 5) is 17.4. The molecule has 0 radical (unpaired) electrons. The summed E-state index contributed by atoms with van der Waals surface area (Å²) in [6, 6.07) is 31.3. The van der Waals surface area contributed by atoms with Gasteiger partial charge in [0.15, 0.2) is 0 Å². The van der Waals surface area contributed by atoms with Crippen molar-refractivity contribution in [3.8, 4) is 0 Å². The van der Waals surface area contributed by atoms with Crippen molar-refractivity contribution in [3.05, 3.63) is 226 Å². The minimum Gasteiger partial charge on any atom is -0.375 e. The second-order valence-electron chi connectivity index (χ2n) is 46.9. The van der Waals surface area contributed by atoms with Gasteiger partial charge in [-0.05, 0) is 378 Å². The van der Waals surface area contributed by atoms with E-state index in [1.165, 1.54) is 270 Å². The summed E-state index contributed by atoms with van der Waals surface area (Å²) in [5.74, 6) is 18.0. The maximum Gasteiger partial charge on any atom is 0.0768 e. The molecule has 822 valence electrons. The summed E-state index contributed by atoms with van der Waals surface area (Å²) in [5, 5.41) is 10.6. The van der Waals surface area contributed by atoms with Crippen LogP contribution in [0, 0.1) is 112 Å². The predicted octanol–water partition coefficient (Wildman–Crippen LogP) is 38.4. The molecule has 2 aromatic carbocycles. The van der Waals surface area contributed by atoms with Crippen LogP contribution in [-0.2, 0) is 62.5 Å². The molecule has 0 saturated carbocycles. The number of hydrogen-bond donors (Lipinski definition) is 3.